The summed E-state index contributed by atoms with van der Waals surface area (Å²) in [7, 11) is 0. The van der Waals surface area contributed by atoms with Gasteiger partial charge in [0.25, 0.3) is 5.95 Å². The lowest BCUT2D eigenvalue weighted by molar-refractivity contribution is -0.155. The first-order chi connectivity index (χ1) is 12.7. The second-order valence-electron chi connectivity index (χ2n) is 7.41. The van der Waals surface area contributed by atoms with Gasteiger partial charge in [-0.05, 0) is 30.4 Å². The van der Waals surface area contributed by atoms with Gasteiger partial charge in [-0.15, -0.1) is 10.2 Å². The number of hydrogen-bond acceptors (Lipinski definition) is 7. The molecule has 3 N–H and O–H groups in total. The smallest absolute Gasteiger partial charge is 0.267 e. The molecule has 1 aromatic heterocycles. The number of benzene rings is 1. The van der Waals surface area contributed by atoms with Gasteiger partial charge in [-0.2, -0.15) is 0 Å². The van der Waals surface area contributed by atoms with E-state index in [2.05, 4.69) is 15.2 Å². The number of aryl methyl sites for hydroxylation is 1. The normalized spacial score (nSPS) is 12.7. The minimum Gasteiger partial charge on any atom is -0.286 e. The summed E-state index contributed by atoms with van der Waals surface area (Å²) >= 11 is 0. The molecule has 2 rings (SSSR count). The van der Waals surface area contributed by atoms with Crippen LogP contribution >= 0.6 is 0 Å². The molecule has 0 bridgehead atoms. The van der Waals surface area contributed by atoms with E-state index in [4.69, 9.17) is 5.84 Å². The predicted molar refractivity (Wildman–Crippen MR) is 100 cm³/mol. The Hall–Kier alpha value is -2.65. The number of para-hydroxylation sites is 1. The summed E-state index contributed by atoms with van der Waals surface area (Å²) in [5, 5.41) is 18.9. The van der Waals surface area contributed by atoms with Crippen LogP contribution in [0.1, 0.15) is 39.2 Å². The van der Waals surface area contributed by atoms with Gasteiger partial charge < -0.3 is 0 Å². The summed E-state index contributed by atoms with van der Waals surface area (Å²) in [6.07, 6.45) is 1.51. The Morgan fingerprint density at radius 1 is 1.37 bits per heavy atom. The third-order valence-corrected chi connectivity index (χ3v) is 4.76. The van der Waals surface area contributed by atoms with E-state index in [0.29, 0.717) is 22.5 Å². The Balaban J connectivity index is 2.32. The standard InChI is InChI=1S/C18H26N6O3/c1-5-18(3,4)9-13(10-23(27)11-25)16(26)24(19)17-20-15-12(2)7-6-8-14(15)21-22-17/h6-8,11,13,27H,5,9-10,19H2,1-4H3. The minimum atomic E-state index is -0.712. The SMILES string of the molecule is CCC(C)(C)CC(CN(O)C=O)C(=O)N(N)c1nnc2cccc(C)c2n1. The van der Waals surface area contributed by atoms with Gasteiger partial charge >= 0.3 is 0 Å². The molecular formula is C18H26N6O3. The lowest BCUT2D eigenvalue weighted by atomic mass is 9.80. The maximum atomic E-state index is 12.9. The number of rotatable bonds is 8. The van der Waals surface area contributed by atoms with Crippen LogP contribution in [0.3, 0.4) is 0 Å². The van der Waals surface area contributed by atoms with Gasteiger partial charge in [0, 0.05) is 0 Å². The number of anilines is 1. The highest BCUT2D eigenvalue weighted by Gasteiger charge is 2.32. The zero-order chi connectivity index (χ0) is 20.2. The zero-order valence-corrected chi connectivity index (χ0v) is 16.1. The highest BCUT2D eigenvalue weighted by molar-refractivity contribution is 5.93. The molecule has 0 saturated heterocycles. The van der Waals surface area contributed by atoms with Crippen LogP contribution in [0, 0.1) is 18.3 Å². The molecule has 0 spiro atoms. The first kappa shape index (κ1) is 20.7. The van der Waals surface area contributed by atoms with Gasteiger partial charge in [-0.3, -0.25) is 14.8 Å². The fraction of sp³-hybridized carbons (Fsp3) is 0.500. The van der Waals surface area contributed by atoms with Gasteiger partial charge in [0.2, 0.25) is 12.3 Å². The average Bonchev–Trinajstić information content (AvgIpc) is 2.66. The molecule has 0 aliphatic heterocycles. The Bertz CT molecular complexity index is 826. The van der Waals surface area contributed by atoms with Gasteiger partial charge in [0.05, 0.1) is 18.0 Å². The van der Waals surface area contributed by atoms with Crippen LogP contribution in [-0.4, -0.2) is 44.3 Å². The van der Waals surface area contributed by atoms with E-state index in [-0.39, 0.29) is 24.3 Å². The highest BCUT2D eigenvalue weighted by atomic mass is 16.5. The molecule has 2 amide bonds. The Morgan fingerprint density at radius 2 is 2.07 bits per heavy atom. The first-order valence-corrected chi connectivity index (χ1v) is 8.78. The van der Waals surface area contributed by atoms with Gasteiger partial charge in [0.1, 0.15) is 5.52 Å². The van der Waals surface area contributed by atoms with Gasteiger partial charge in [0.15, 0.2) is 0 Å². The van der Waals surface area contributed by atoms with Crippen LogP contribution in [0.15, 0.2) is 18.2 Å². The molecule has 2 aromatic rings. The van der Waals surface area contributed by atoms with Crippen molar-refractivity contribution in [1.29, 1.82) is 0 Å². The summed E-state index contributed by atoms with van der Waals surface area (Å²) in [4.78, 5) is 28.1. The predicted octanol–water partition coefficient (Wildman–Crippen LogP) is 1.83. The minimum absolute atomic E-state index is 0.0308. The Kier molecular flexibility index (Phi) is 6.40. The van der Waals surface area contributed by atoms with E-state index in [9.17, 15) is 14.8 Å². The fourth-order valence-electron chi connectivity index (χ4n) is 2.80. The molecule has 1 aromatic carbocycles. The van der Waals surface area contributed by atoms with Crippen molar-refractivity contribution < 1.29 is 14.8 Å². The summed E-state index contributed by atoms with van der Waals surface area (Å²) in [6, 6.07) is 5.50. The number of aromatic nitrogens is 3. The molecule has 1 heterocycles. The largest absolute Gasteiger partial charge is 0.286 e. The molecular weight excluding hydrogens is 348 g/mol. The number of carbonyl (C=O) groups is 2. The van der Waals surface area contributed by atoms with Crippen molar-refractivity contribution in [2.24, 2.45) is 17.2 Å². The van der Waals surface area contributed by atoms with Gasteiger partial charge in [-0.1, -0.05) is 39.3 Å². The molecule has 1 unspecified atom stereocenters. The van der Waals surface area contributed by atoms with E-state index in [1.165, 1.54) is 0 Å². The van der Waals surface area contributed by atoms with Crippen molar-refractivity contribution in [3.8, 4) is 0 Å². The Labute approximate surface area is 158 Å². The van der Waals surface area contributed by atoms with Crippen molar-refractivity contribution in [3.05, 3.63) is 23.8 Å². The van der Waals surface area contributed by atoms with Crippen molar-refractivity contribution in [1.82, 2.24) is 20.2 Å². The van der Waals surface area contributed by atoms with Crippen LogP contribution < -0.4 is 10.9 Å². The molecule has 9 heteroatoms. The summed E-state index contributed by atoms with van der Waals surface area (Å²) < 4.78 is 0. The van der Waals surface area contributed by atoms with Gasteiger partial charge in [-0.25, -0.2) is 20.9 Å². The van der Waals surface area contributed by atoms with Crippen molar-refractivity contribution in [2.75, 3.05) is 11.6 Å². The fourth-order valence-corrected chi connectivity index (χ4v) is 2.80. The first-order valence-electron chi connectivity index (χ1n) is 8.78. The average molecular weight is 374 g/mol. The second-order valence-corrected chi connectivity index (χ2v) is 7.41. The number of nitrogens with two attached hydrogens (primary N) is 1. The van der Waals surface area contributed by atoms with Crippen molar-refractivity contribution in [3.63, 3.8) is 0 Å². The van der Waals surface area contributed by atoms with Crippen LogP contribution in [0.25, 0.3) is 11.0 Å². The number of nitrogens with zero attached hydrogens (tertiary/aromatic N) is 5. The van der Waals surface area contributed by atoms with E-state index in [1.807, 2.05) is 39.8 Å². The molecule has 146 valence electrons. The molecule has 9 nitrogen and oxygen atoms in total. The van der Waals surface area contributed by atoms with E-state index >= 15 is 0 Å². The third-order valence-electron chi connectivity index (χ3n) is 4.76. The highest BCUT2D eigenvalue weighted by Crippen LogP contribution is 2.30. The number of hydroxylamine groups is 2. The summed E-state index contributed by atoms with van der Waals surface area (Å²) in [5.74, 6) is 4.75. The Morgan fingerprint density at radius 3 is 2.70 bits per heavy atom. The van der Waals surface area contributed by atoms with Crippen LogP contribution in [0.4, 0.5) is 5.95 Å². The maximum absolute atomic E-state index is 12.9. The van der Waals surface area contributed by atoms with E-state index in [0.717, 1.165) is 17.0 Å². The number of amides is 2. The number of fused-ring (bicyclic) bond motifs is 1. The molecule has 0 saturated carbocycles. The van der Waals surface area contributed by atoms with Crippen LogP contribution in [0.2, 0.25) is 0 Å². The number of hydrazine groups is 1. The van der Waals surface area contributed by atoms with E-state index in [1.54, 1.807) is 6.07 Å². The van der Waals surface area contributed by atoms with Crippen molar-refractivity contribution >= 4 is 29.3 Å². The molecule has 0 aliphatic carbocycles. The topological polar surface area (TPSA) is 126 Å². The molecule has 0 fully saturated rings. The maximum Gasteiger partial charge on any atom is 0.267 e. The molecule has 0 aliphatic rings. The van der Waals surface area contributed by atoms with Crippen molar-refractivity contribution in [2.45, 2.75) is 40.5 Å². The quantitative estimate of drug-likeness (QED) is 0.237. The monoisotopic (exact) mass is 374 g/mol. The number of hydrogen-bond donors (Lipinski definition) is 2. The lowest BCUT2D eigenvalue weighted by Gasteiger charge is -2.30. The van der Waals surface area contributed by atoms with E-state index < -0.39 is 11.8 Å². The summed E-state index contributed by atoms with van der Waals surface area (Å²) in [5.41, 5.74) is 1.92. The van der Waals surface area contributed by atoms with Crippen LogP contribution in [0.5, 0.6) is 0 Å². The number of carbonyl (C=O) groups excluding carboxylic acids is 2. The lowest BCUT2D eigenvalue weighted by Crippen LogP contribution is -2.47. The third kappa shape index (κ3) is 4.95. The molecule has 27 heavy (non-hydrogen) atoms. The second kappa shape index (κ2) is 8.36. The summed E-state index contributed by atoms with van der Waals surface area (Å²) in [6.45, 7) is 7.74. The van der Waals surface area contributed by atoms with Crippen LogP contribution in [-0.2, 0) is 9.59 Å². The zero-order valence-electron chi connectivity index (χ0n) is 16.1. The molecule has 1 atom stereocenters. The molecule has 0 radical (unpaired) electrons.